The lowest BCUT2D eigenvalue weighted by molar-refractivity contribution is 0.0951. The molecule has 7 heteroatoms. The minimum absolute atomic E-state index is 0.191. The van der Waals surface area contributed by atoms with E-state index in [1.54, 1.807) is 12.4 Å². The lowest BCUT2D eigenvalue weighted by Crippen LogP contribution is -2.28. The van der Waals surface area contributed by atoms with Crippen LogP contribution in [-0.2, 0) is 13.0 Å². The van der Waals surface area contributed by atoms with Crippen molar-refractivity contribution in [3.8, 4) is 11.4 Å². The smallest absolute Gasteiger partial charge is 0.254 e. The van der Waals surface area contributed by atoms with Crippen LogP contribution in [-0.4, -0.2) is 37.2 Å². The van der Waals surface area contributed by atoms with E-state index in [9.17, 15) is 4.79 Å². The number of nitrogens with zero attached hydrogens (tertiary/aromatic N) is 5. The zero-order valence-corrected chi connectivity index (χ0v) is 15.2. The van der Waals surface area contributed by atoms with Crippen molar-refractivity contribution in [1.82, 2.24) is 30.0 Å². The Morgan fingerprint density at radius 1 is 1.15 bits per heavy atom. The van der Waals surface area contributed by atoms with Crippen molar-refractivity contribution in [2.24, 2.45) is 0 Å². The number of pyridine rings is 1. The van der Waals surface area contributed by atoms with Gasteiger partial charge in [0.1, 0.15) is 0 Å². The number of carbonyl (C=O) groups is 1. The molecule has 0 spiro atoms. The molecule has 3 heterocycles. The molecule has 3 aromatic rings. The maximum Gasteiger partial charge on any atom is 0.254 e. The number of amides is 1. The number of carbonyl (C=O) groups excluding carboxylic acids is 1. The third-order valence-corrected chi connectivity index (χ3v) is 4.35. The van der Waals surface area contributed by atoms with Gasteiger partial charge in [0.2, 0.25) is 0 Å². The van der Waals surface area contributed by atoms with Crippen molar-refractivity contribution in [2.45, 2.75) is 33.7 Å². The molecule has 0 fully saturated rings. The van der Waals surface area contributed by atoms with Crippen molar-refractivity contribution >= 4 is 5.91 Å². The number of hydrogen-bond donors (Lipinski definition) is 1. The number of nitrogens with one attached hydrogen (secondary N) is 1. The SMILES string of the molecule is CCc1c(C)nn(CCNC(=O)c2cnc(-c3ccncc3)nc2)c1C. The van der Waals surface area contributed by atoms with Crippen LogP contribution in [0.3, 0.4) is 0 Å². The quantitative estimate of drug-likeness (QED) is 0.737. The molecule has 1 N–H and O–H groups in total. The van der Waals surface area contributed by atoms with Gasteiger partial charge in [-0.3, -0.25) is 14.5 Å². The van der Waals surface area contributed by atoms with Crippen LogP contribution < -0.4 is 5.32 Å². The molecule has 0 saturated carbocycles. The minimum Gasteiger partial charge on any atom is -0.350 e. The molecule has 0 bridgehead atoms. The molecule has 0 saturated heterocycles. The van der Waals surface area contributed by atoms with E-state index in [2.05, 4.69) is 39.2 Å². The highest BCUT2D eigenvalue weighted by Gasteiger charge is 2.11. The highest BCUT2D eigenvalue weighted by Crippen LogP contribution is 2.13. The van der Waals surface area contributed by atoms with Gasteiger partial charge < -0.3 is 5.32 Å². The highest BCUT2D eigenvalue weighted by molar-refractivity contribution is 5.93. The molecule has 134 valence electrons. The molecule has 0 aromatic carbocycles. The summed E-state index contributed by atoms with van der Waals surface area (Å²) in [4.78, 5) is 24.8. The van der Waals surface area contributed by atoms with E-state index in [1.165, 1.54) is 18.0 Å². The number of rotatable bonds is 6. The molecule has 26 heavy (non-hydrogen) atoms. The van der Waals surface area contributed by atoms with Crippen LogP contribution >= 0.6 is 0 Å². The predicted octanol–water partition coefficient (Wildman–Crippen LogP) is 2.34. The highest BCUT2D eigenvalue weighted by atomic mass is 16.1. The summed E-state index contributed by atoms with van der Waals surface area (Å²) in [5, 5.41) is 7.42. The fourth-order valence-corrected chi connectivity index (χ4v) is 2.94. The van der Waals surface area contributed by atoms with Crippen LogP contribution in [0.1, 0.15) is 34.2 Å². The third-order valence-electron chi connectivity index (χ3n) is 4.35. The Bertz CT molecular complexity index is 886. The van der Waals surface area contributed by atoms with Crippen LogP contribution in [0, 0.1) is 13.8 Å². The fraction of sp³-hybridized carbons (Fsp3) is 0.316. The summed E-state index contributed by atoms with van der Waals surface area (Å²) in [5.41, 5.74) is 4.78. The Hall–Kier alpha value is -3.09. The van der Waals surface area contributed by atoms with Gasteiger partial charge in [-0.1, -0.05) is 6.92 Å². The molecule has 0 unspecified atom stereocenters. The van der Waals surface area contributed by atoms with Crippen LogP contribution in [0.2, 0.25) is 0 Å². The van der Waals surface area contributed by atoms with Crippen LogP contribution in [0.5, 0.6) is 0 Å². The van der Waals surface area contributed by atoms with Gasteiger partial charge in [-0.15, -0.1) is 0 Å². The zero-order chi connectivity index (χ0) is 18.5. The molecule has 0 aliphatic carbocycles. The van der Waals surface area contributed by atoms with Crippen molar-refractivity contribution in [1.29, 1.82) is 0 Å². The average molecular weight is 350 g/mol. The minimum atomic E-state index is -0.191. The second kappa shape index (κ2) is 7.86. The maximum atomic E-state index is 12.3. The number of hydrogen-bond acceptors (Lipinski definition) is 5. The predicted molar refractivity (Wildman–Crippen MR) is 98.7 cm³/mol. The first kappa shape index (κ1) is 17.7. The molecule has 0 atom stereocenters. The Morgan fingerprint density at radius 3 is 2.46 bits per heavy atom. The van der Waals surface area contributed by atoms with Crippen LogP contribution in [0.15, 0.2) is 36.9 Å². The van der Waals surface area contributed by atoms with Gasteiger partial charge in [0.05, 0.1) is 17.8 Å². The second-order valence-electron chi connectivity index (χ2n) is 6.01. The normalized spacial score (nSPS) is 10.7. The summed E-state index contributed by atoms with van der Waals surface area (Å²) < 4.78 is 1.94. The summed E-state index contributed by atoms with van der Waals surface area (Å²) in [6, 6.07) is 3.65. The number of aromatic nitrogens is 5. The summed E-state index contributed by atoms with van der Waals surface area (Å²) in [6.07, 6.45) is 7.41. The Kier molecular flexibility index (Phi) is 5.36. The van der Waals surface area contributed by atoms with E-state index in [1.807, 2.05) is 23.7 Å². The summed E-state index contributed by atoms with van der Waals surface area (Å²) >= 11 is 0. The molecule has 0 aliphatic rings. The monoisotopic (exact) mass is 350 g/mol. The van der Waals surface area contributed by atoms with E-state index in [4.69, 9.17) is 0 Å². The lowest BCUT2D eigenvalue weighted by atomic mass is 10.1. The Morgan fingerprint density at radius 2 is 1.85 bits per heavy atom. The van der Waals surface area contributed by atoms with Crippen molar-refractivity contribution in [3.05, 3.63) is 59.4 Å². The van der Waals surface area contributed by atoms with Crippen LogP contribution in [0.25, 0.3) is 11.4 Å². The third kappa shape index (κ3) is 3.77. The van der Waals surface area contributed by atoms with Crippen molar-refractivity contribution < 1.29 is 4.79 Å². The van der Waals surface area contributed by atoms with Gasteiger partial charge in [0, 0.05) is 42.6 Å². The first-order chi connectivity index (χ1) is 12.6. The summed E-state index contributed by atoms with van der Waals surface area (Å²) in [5.74, 6) is 0.377. The van der Waals surface area contributed by atoms with E-state index in [-0.39, 0.29) is 5.91 Å². The van der Waals surface area contributed by atoms with E-state index in [0.29, 0.717) is 24.5 Å². The zero-order valence-electron chi connectivity index (χ0n) is 15.2. The van der Waals surface area contributed by atoms with Gasteiger partial charge in [-0.25, -0.2) is 9.97 Å². The van der Waals surface area contributed by atoms with Crippen LogP contribution in [0.4, 0.5) is 0 Å². The molecule has 0 aliphatic heterocycles. The van der Waals surface area contributed by atoms with E-state index in [0.717, 1.165) is 23.4 Å². The van der Waals surface area contributed by atoms with Gasteiger partial charge in [-0.2, -0.15) is 5.10 Å². The first-order valence-corrected chi connectivity index (χ1v) is 8.63. The van der Waals surface area contributed by atoms with Gasteiger partial charge >= 0.3 is 0 Å². The Balaban J connectivity index is 1.59. The van der Waals surface area contributed by atoms with Crippen molar-refractivity contribution in [3.63, 3.8) is 0 Å². The largest absolute Gasteiger partial charge is 0.350 e. The molecule has 0 radical (unpaired) electrons. The van der Waals surface area contributed by atoms with Crippen molar-refractivity contribution in [2.75, 3.05) is 6.54 Å². The molecule has 7 nitrogen and oxygen atoms in total. The van der Waals surface area contributed by atoms with Gasteiger partial charge in [-0.05, 0) is 38.0 Å². The summed E-state index contributed by atoms with van der Waals surface area (Å²) in [7, 11) is 0. The maximum absolute atomic E-state index is 12.3. The number of aryl methyl sites for hydroxylation is 1. The Labute approximate surface area is 152 Å². The molecule has 3 aromatic heterocycles. The lowest BCUT2D eigenvalue weighted by Gasteiger charge is -2.07. The van der Waals surface area contributed by atoms with E-state index < -0.39 is 0 Å². The first-order valence-electron chi connectivity index (χ1n) is 8.63. The fourth-order valence-electron chi connectivity index (χ4n) is 2.94. The van der Waals surface area contributed by atoms with Gasteiger partial charge in [0.15, 0.2) is 5.82 Å². The topological polar surface area (TPSA) is 85.6 Å². The second-order valence-corrected chi connectivity index (χ2v) is 6.01. The summed E-state index contributed by atoms with van der Waals surface area (Å²) in [6.45, 7) is 7.33. The molecule has 3 rings (SSSR count). The molecular formula is C19H22N6O. The molecular weight excluding hydrogens is 328 g/mol. The van der Waals surface area contributed by atoms with Gasteiger partial charge in [0.25, 0.3) is 5.91 Å². The molecule has 1 amide bonds. The average Bonchev–Trinajstić information content (AvgIpc) is 2.95. The van der Waals surface area contributed by atoms with E-state index >= 15 is 0 Å². The standard InChI is InChI=1S/C19H22N6O/c1-4-17-13(2)24-25(14(17)3)10-9-21-19(26)16-11-22-18(23-12-16)15-5-7-20-8-6-15/h5-8,11-12H,4,9-10H2,1-3H3,(H,21,26).